The van der Waals surface area contributed by atoms with Crippen molar-refractivity contribution in [2.45, 2.75) is 44.3 Å². The van der Waals surface area contributed by atoms with Gasteiger partial charge in [-0.15, -0.1) is 0 Å². The largest absolute Gasteiger partial charge is 0.352 e. The molecule has 0 aliphatic carbocycles. The normalized spacial score (nSPS) is 12.2. The molecule has 1 N–H and O–H groups in total. The van der Waals surface area contributed by atoms with E-state index in [1.807, 2.05) is 0 Å². The molecule has 0 spiro atoms. The Morgan fingerprint density at radius 2 is 1.44 bits per heavy atom. The monoisotopic (exact) mass is 629 g/mol. The molecule has 0 fully saturated rings. The van der Waals surface area contributed by atoms with E-state index in [1.165, 1.54) is 41.3 Å². The van der Waals surface area contributed by atoms with Gasteiger partial charge in [-0.05, 0) is 75.4 Å². The summed E-state index contributed by atoms with van der Waals surface area (Å²) in [7, 11) is -4.25. The van der Waals surface area contributed by atoms with Crippen LogP contribution in [0.2, 0.25) is 20.1 Å². The number of nitrogens with zero attached hydrogens (tertiary/aromatic N) is 2. The van der Waals surface area contributed by atoms with Crippen LogP contribution < -0.4 is 9.62 Å². The zero-order valence-electron chi connectivity index (χ0n) is 21.4. The van der Waals surface area contributed by atoms with E-state index in [0.717, 1.165) is 4.31 Å². The molecule has 39 heavy (non-hydrogen) atoms. The molecule has 0 saturated carbocycles. The number of anilines is 1. The highest BCUT2D eigenvalue weighted by Crippen LogP contribution is 2.29. The molecular weight excluding hydrogens is 604 g/mol. The van der Waals surface area contributed by atoms with E-state index in [0.29, 0.717) is 20.6 Å². The fourth-order valence-corrected chi connectivity index (χ4v) is 5.97. The summed E-state index contributed by atoms with van der Waals surface area (Å²) in [4.78, 5) is 28.1. The van der Waals surface area contributed by atoms with Crippen LogP contribution in [0.4, 0.5) is 5.69 Å². The zero-order chi connectivity index (χ0) is 28.9. The van der Waals surface area contributed by atoms with Crippen molar-refractivity contribution in [3.05, 3.63) is 92.4 Å². The highest BCUT2D eigenvalue weighted by Gasteiger charge is 2.33. The smallest absolute Gasteiger partial charge is 0.264 e. The van der Waals surface area contributed by atoms with Gasteiger partial charge in [-0.3, -0.25) is 13.9 Å². The van der Waals surface area contributed by atoms with Crippen molar-refractivity contribution in [1.82, 2.24) is 10.2 Å². The Morgan fingerprint density at radius 1 is 0.846 bits per heavy atom. The van der Waals surface area contributed by atoms with Crippen LogP contribution in [0.1, 0.15) is 26.3 Å². The molecule has 0 radical (unpaired) electrons. The molecule has 0 unspecified atom stereocenters. The first-order valence-electron chi connectivity index (χ1n) is 11.9. The maximum absolute atomic E-state index is 13.9. The Kier molecular flexibility index (Phi) is 10.5. The average molecular weight is 631 g/mol. The van der Waals surface area contributed by atoms with Crippen LogP contribution in [0.25, 0.3) is 0 Å². The van der Waals surface area contributed by atoms with E-state index >= 15 is 0 Å². The SMILES string of the molecule is CC(C)NC(=O)[C@H](C)N(Cc1c(Cl)cccc1Cl)C(=O)CN(c1cccc(Cl)c1)S(=O)(=O)c1ccc(Cl)cc1. The van der Waals surface area contributed by atoms with E-state index in [2.05, 4.69) is 5.32 Å². The highest BCUT2D eigenvalue weighted by atomic mass is 35.5. The van der Waals surface area contributed by atoms with Gasteiger partial charge in [0.1, 0.15) is 12.6 Å². The Balaban J connectivity index is 2.07. The minimum atomic E-state index is -4.25. The third kappa shape index (κ3) is 7.80. The summed E-state index contributed by atoms with van der Waals surface area (Å²) in [6.07, 6.45) is 0. The number of hydrogen-bond acceptors (Lipinski definition) is 4. The van der Waals surface area contributed by atoms with Crippen LogP contribution in [0.15, 0.2) is 71.6 Å². The lowest BCUT2D eigenvalue weighted by Gasteiger charge is -2.32. The molecular formula is C27H27Cl4N3O4S. The summed E-state index contributed by atoms with van der Waals surface area (Å²) in [5, 5.41) is 4.02. The van der Waals surface area contributed by atoms with Crippen molar-refractivity contribution in [3.63, 3.8) is 0 Å². The lowest BCUT2D eigenvalue weighted by molar-refractivity contribution is -0.139. The first-order chi connectivity index (χ1) is 18.3. The molecule has 2 amide bonds. The molecule has 0 heterocycles. The van der Waals surface area contributed by atoms with Gasteiger partial charge in [-0.25, -0.2) is 8.42 Å². The lowest BCUT2D eigenvalue weighted by Crippen LogP contribution is -2.52. The van der Waals surface area contributed by atoms with Crippen molar-refractivity contribution in [1.29, 1.82) is 0 Å². The van der Waals surface area contributed by atoms with Gasteiger partial charge in [0.2, 0.25) is 11.8 Å². The topological polar surface area (TPSA) is 86.8 Å². The van der Waals surface area contributed by atoms with E-state index in [9.17, 15) is 18.0 Å². The fourth-order valence-electron chi connectivity index (χ4n) is 3.74. The Bertz CT molecular complexity index is 1430. The molecule has 0 aliphatic rings. The van der Waals surface area contributed by atoms with Gasteiger partial charge in [-0.2, -0.15) is 0 Å². The number of amides is 2. The molecule has 0 aromatic heterocycles. The molecule has 0 saturated heterocycles. The summed E-state index contributed by atoms with van der Waals surface area (Å²) in [5.74, 6) is -1.08. The van der Waals surface area contributed by atoms with Gasteiger partial charge < -0.3 is 10.2 Å². The van der Waals surface area contributed by atoms with Crippen molar-refractivity contribution in [2.24, 2.45) is 0 Å². The summed E-state index contributed by atoms with van der Waals surface area (Å²) in [6, 6.07) is 15.4. The number of carbonyl (C=O) groups excluding carboxylic acids is 2. The van der Waals surface area contributed by atoms with Gasteiger partial charge in [0.05, 0.1) is 10.6 Å². The molecule has 12 heteroatoms. The summed E-state index contributed by atoms with van der Waals surface area (Å²) in [5.41, 5.74) is 0.592. The van der Waals surface area contributed by atoms with Crippen LogP contribution >= 0.6 is 46.4 Å². The number of benzene rings is 3. The number of hydrogen-bond donors (Lipinski definition) is 1. The standard InChI is InChI=1S/C27H27Cl4N3O4S/c1-17(2)32-27(36)18(3)33(15-23-24(30)8-5-9-25(23)31)26(35)16-34(21-7-4-6-20(29)14-21)39(37,38)22-12-10-19(28)11-13-22/h4-14,17-18H,15-16H2,1-3H3,(H,32,36)/t18-/m0/s1. The second-order valence-electron chi connectivity index (χ2n) is 9.01. The third-order valence-corrected chi connectivity index (χ3v) is 8.75. The molecule has 1 atom stereocenters. The predicted octanol–water partition coefficient (Wildman–Crippen LogP) is 6.44. The minimum absolute atomic E-state index is 0.0778. The molecule has 0 bridgehead atoms. The van der Waals surface area contributed by atoms with Crippen LogP contribution in [0.3, 0.4) is 0 Å². The molecule has 208 valence electrons. The molecule has 3 aromatic carbocycles. The maximum atomic E-state index is 13.9. The fraction of sp³-hybridized carbons (Fsp3) is 0.259. The molecule has 7 nitrogen and oxygen atoms in total. The quantitative estimate of drug-likeness (QED) is 0.279. The highest BCUT2D eigenvalue weighted by molar-refractivity contribution is 7.92. The van der Waals surface area contributed by atoms with Gasteiger partial charge in [-0.1, -0.05) is 58.5 Å². The van der Waals surface area contributed by atoms with E-state index < -0.39 is 34.4 Å². The number of nitrogens with one attached hydrogen (secondary N) is 1. The summed E-state index contributed by atoms with van der Waals surface area (Å²) < 4.78 is 28.5. The number of sulfonamides is 1. The van der Waals surface area contributed by atoms with Gasteiger partial charge in [0.25, 0.3) is 10.0 Å². The first-order valence-corrected chi connectivity index (χ1v) is 14.8. The third-order valence-electron chi connectivity index (χ3n) is 5.77. The van der Waals surface area contributed by atoms with Crippen LogP contribution in [-0.4, -0.2) is 43.8 Å². The van der Waals surface area contributed by atoms with E-state index in [4.69, 9.17) is 46.4 Å². The van der Waals surface area contributed by atoms with Crippen molar-refractivity contribution in [2.75, 3.05) is 10.8 Å². The van der Waals surface area contributed by atoms with Crippen LogP contribution in [0.5, 0.6) is 0 Å². The van der Waals surface area contributed by atoms with E-state index in [-0.39, 0.29) is 28.2 Å². The number of rotatable bonds is 10. The summed E-state index contributed by atoms with van der Waals surface area (Å²) in [6.45, 7) is 4.38. The van der Waals surface area contributed by atoms with Crippen LogP contribution in [-0.2, 0) is 26.2 Å². The van der Waals surface area contributed by atoms with Crippen molar-refractivity contribution in [3.8, 4) is 0 Å². The average Bonchev–Trinajstić information content (AvgIpc) is 2.86. The lowest BCUT2D eigenvalue weighted by atomic mass is 10.1. The second kappa shape index (κ2) is 13.2. The predicted molar refractivity (Wildman–Crippen MR) is 157 cm³/mol. The zero-order valence-corrected chi connectivity index (χ0v) is 25.2. The maximum Gasteiger partial charge on any atom is 0.264 e. The van der Waals surface area contributed by atoms with Crippen LogP contribution in [0, 0.1) is 0 Å². The number of halogens is 4. The molecule has 3 aromatic rings. The van der Waals surface area contributed by atoms with E-state index in [1.54, 1.807) is 51.1 Å². The summed E-state index contributed by atoms with van der Waals surface area (Å²) >= 11 is 24.9. The second-order valence-corrected chi connectivity index (χ2v) is 12.6. The van der Waals surface area contributed by atoms with Gasteiger partial charge in [0, 0.05) is 38.2 Å². The molecule has 3 rings (SSSR count). The van der Waals surface area contributed by atoms with Gasteiger partial charge >= 0.3 is 0 Å². The van der Waals surface area contributed by atoms with Crippen molar-refractivity contribution >= 4 is 73.9 Å². The Labute approximate surface area is 248 Å². The Morgan fingerprint density at radius 3 is 2.00 bits per heavy atom. The Hall–Kier alpha value is -2.49. The van der Waals surface area contributed by atoms with Gasteiger partial charge in [0.15, 0.2) is 0 Å². The molecule has 0 aliphatic heterocycles. The number of carbonyl (C=O) groups is 2. The first kappa shape index (κ1) is 31.0. The minimum Gasteiger partial charge on any atom is -0.352 e. The van der Waals surface area contributed by atoms with Crippen molar-refractivity contribution < 1.29 is 18.0 Å².